The van der Waals surface area contributed by atoms with E-state index in [1.165, 1.54) is 55.3 Å². The molecule has 0 saturated heterocycles. The number of hydrogen-bond donors (Lipinski definition) is 0. The Morgan fingerprint density at radius 2 is 0.923 bits per heavy atom. The van der Waals surface area contributed by atoms with Crippen molar-refractivity contribution < 1.29 is 0 Å². The molecule has 1 aromatic heterocycles. The lowest BCUT2D eigenvalue weighted by Crippen LogP contribution is -2.51. The second-order valence-corrected chi connectivity index (χ2v) is 10.2. The van der Waals surface area contributed by atoms with Gasteiger partial charge in [0.1, 0.15) is 0 Å². The number of hydrogen-bond acceptors (Lipinski definition) is 1. The van der Waals surface area contributed by atoms with Crippen LogP contribution >= 0.6 is 0 Å². The molecule has 1 aliphatic heterocycles. The molecule has 8 rings (SSSR count). The highest BCUT2D eigenvalue weighted by Crippen LogP contribution is 2.49. The van der Waals surface area contributed by atoms with Crippen LogP contribution < -0.4 is 21.3 Å². The van der Waals surface area contributed by atoms with Gasteiger partial charge in [-0.25, -0.2) is 0 Å². The number of aromatic nitrogens is 1. The van der Waals surface area contributed by atoms with Crippen LogP contribution in [0.2, 0.25) is 0 Å². The Labute approximate surface area is 228 Å². The summed E-state index contributed by atoms with van der Waals surface area (Å²) in [5, 5.41) is 2.57. The highest BCUT2D eigenvalue weighted by Gasteiger charge is 2.28. The largest absolute Gasteiger partial charge is 0.306 e. The van der Waals surface area contributed by atoms with Gasteiger partial charge in [-0.3, -0.25) is 0 Å². The molecule has 7 aromatic rings. The fourth-order valence-corrected chi connectivity index (χ4v) is 6.37. The molecule has 0 unspecified atom stereocenters. The highest BCUT2D eigenvalue weighted by atomic mass is 15.2. The summed E-state index contributed by atoms with van der Waals surface area (Å²) in [5.41, 5.74) is 11.2. The molecule has 0 bridgehead atoms. The van der Waals surface area contributed by atoms with Gasteiger partial charge in [0, 0.05) is 16.5 Å². The maximum atomic E-state index is 2.43. The van der Waals surface area contributed by atoms with Crippen molar-refractivity contribution in [3.05, 3.63) is 152 Å². The molecule has 182 valence electrons. The normalized spacial score (nSPS) is 12.1. The van der Waals surface area contributed by atoms with Gasteiger partial charge >= 0.3 is 0 Å². The second kappa shape index (κ2) is 8.78. The first-order valence-corrected chi connectivity index (χ1v) is 13.5. The van der Waals surface area contributed by atoms with E-state index in [4.69, 9.17) is 0 Å². The summed E-state index contributed by atoms with van der Waals surface area (Å²) in [6, 6.07) is 54.9. The Balaban J connectivity index is 1.31. The zero-order valence-corrected chi connectivity index (χ0v) is 21.4. The van der Waals surface area contributed by atoms with Gasteiger partial charge in [0.05, 0.1) is 28.1 Å². The van der Waals surface area contributed by atoms with Crippen LogP contribution in [0.5, 0.6) is 0 Å². The fourth-order valence-electron chi connectivity index (χ4n) is 6.37. The van der Waals surface area contributed by atoms with E-state index in [1.54, 1.807) is 0 Å². The summed E-state index contributed by atoms with van der Waals surface area (Å²) in [6.45, 7) is 0.182. The molecule has 0 aliphatic carbocycles. The summed E-state index contributed by atoms with van der Waals surface area (Å²) in [6.07, 6.45) is 0. The Morgan fingerprint density at radius 3 is 1.64 bits per heavy atom. The van der Waals surface area contributed by atoms with Crippen molar-refractivity contribution in [2.45, 2.75) is 0 Å². The van der Waals surface area contributed by atoms with Crippen LogP contribution in [0.3, 0.4) is 0 Å². The van der Waals surface area contributed by atoms with Gasteiger partial charge in [-0.1, -0.05) is 132 Å². The molecular weight excluding hydrogens is 471 g/mol. The quantitative estimate of drug-likeness (QED) is 0.236. The maximum Gasteiger partial charge on any atom is 0.241 e. The molecule has 6 aromatic carbocycles. The Morgan fingerprint density at radius 1 is 0.385 bits per heavy atom. The third-order valence-electron chi connectivity index (χ3n) is 8.03. The number of anilines is 3. The highest BCUT2D eigenvalue weighted by molar-refractivity contribution is 6.95. The minimum absolute atomic E-state index is 0.182. The molecule has 0 radical (unpaired) electrons. The summed E-state index contributed by atoms with van der Waals surface area (Å²) in [7, 11) is 0. The number of benzene rings is 6. The first-order chi connectivity index (χ1) is 19.4. The first-order valence-electron chi connectivity index (χ1n) is 13.5. The average molecular weight is 496 g/mol. The molecule has 2 nitrogen and oxygen atoms in total. The molecule has 2 heterocycles. The fraction of sp³-hybridized carbons (Fsp3) is 0. The van der Waals surface area contributed by atoms with Gasteiger partial charge < -0.3 is 9.47 Å². The molecular formula is C36H25BN2. The number of para-hydroxylation sites is 4. The molecule has 1 aliphatic rings. The van der Waals surface area contributed by atoms with Crippen molar-refractivity contribution in [3.8, 4) is 5.69 Å². The van der Waals surface area contributed by atoms with Crippen LogP contribution in [-0.4, -0.2) is 11.3 Å². The monoisotopic (exact) mass is 496 g/mol. The minimum atomic E-state index is 0.182. The predicted molar refractivity (Wildman–Crippen MR) is 167 cm³/mol. The molecule has 0 atom stereocenters. The Kier molecular flexibility index (Phi) is 4.96. The van der Waals surface area contributed by atoms with E-state index in [9.17, 15) is 0 Å². The van der Waals surface area contributed by atoms with E-state index in [2.05, 4.69) is 161 Å². The van der Waals surface area contributed by atoms with E-state index in [0.717, 1.165) is 5.69 Å². The summed E-state index contributed by atoms with van der Waals surface area (Å²) < 4.78 is 2.43. The molecule has 39 heavy (non-hydrogen) atoms. The zero-order valence-electron chi connectivity index (χ0n) is 21.4. The Bertz CT molecular complexity index is 1920. The zero-order chi connectivity index (χ0) is 25.8. The van der Waals surface area contributed by atoms with Crippen molar-refractivity contribution in [2.24, 2.45) is 0 Å². The predicted octanol–water partition coefficient (Wildman–Crippen LogP) is 7.08. The van der Waals surface area contributed by atoms with Gasteiger partial charge in [0.15, 0.2) is 0 Å². The van der Waals surface area contributed by atoms with E-state index < -0.39 is 0 Å². The van der Waals surface area contributed by atoms with Crippen LogP contribution in [0, 0.1) is 0 Å². The molecule has 0 amide bonds. The lowest BCUT2D eigenvalue weighted by molar-refractivity contribution is 1.11. The van der Waals surface area contributed by atoms with Crippen LogP contribution in [0.15, 0.2) is 152 Å². The van der Waals surface area contributed by atoms with E-state index in [-0.39, 0.29) is 6.71 Å². The summed E-state index contributed by atoms with van der Waals surface area (Å²) in [4.78, 5) is 2.42. The molecule has 0 spiro atoms. The van der Waals surface area contributed by atoms with Crippen LogP contribution in [-0.2, 0) is 0 Å². The number of nitrogens with zero attached hydrogens (tertiary/aromatic N) is 2. The van der Waals surface area contributed by atoms with E-state index in [0.29, 0.717) is 0 Å². The van der Waals surface area contributed by atoms with Crippen molar-refractivity contribution >= 4 is 62.0 Å². The smallest absolute Gasteiger partial charge is 0.241 e. The first kappa shape index (κ1) is 22.0. The molecule has 0 saturated carbocycles. The lowest BCUT2D eigenvalue weighted by Gasteiger charge is -2.33. The summed E-state index contributed by atoms with van der Waals surface area (Å²) >= 11 is 0. The van der Waals surface area contributed by atoms with Crippen molar-refractivity contribution in [1.29, 1.82) is 0 Å². The third kappa shape index (κ3) is 3.37. The molecule has 0 N–H and O–H groups in total. The van der Waals surface area contributed by atoms with Gasteiger partial charge in [0.25, 0.3) is 0 Å². The lowest BCUT2D eigenvalue weighted by atomic mass is 9.37. The second-order valence-electron chi connectivity index (χ2n) is 10.2. The Hall–Kier alpha value is -5.02. The molecule has 3 heteroatoms. The number of fused-ring (bicyclic) bond motifs is 5. The van der Waals surface area contributed by atoms with Gasteiger partial charge in [0.2, 0.25) is 6.71 Å². The number of rotatable bonds is 4. The van der Waals surface area contributed by atoms with Crippen LogP contribution in [0.25, 0.3) is 27.5 Å². The van der Waals surface area contributed by atoms with Crippen molar-refractivity contribution in [2.75, 3.05) is 4.90 Å². The molecule has 0 fully saturated rings. The SMILES string of the molecule is c1ccc(B(c2ccccc2)c2ccc(N3c4ccccc4-n4c5ccccc5c5cccc3c54)cc2)cc1. The standard InChI is InChI=1S/C36H25BN2/c1-3-12-26(13-4-1)37(27-14-5-2-6-15-27)28-22-24-29(25-23-28)38-33-19-9-10-20-34(33)39-32-18-8-7-16-30(32)31-17-11-21-35(38)36(31)39/h1-25H. The van der Waals surface area contributed by atoms with Crippen molar-refractivity contribution in [1.82, 2.24) is 4.57 Å². The minimum Gasteiger partial charge on any atom is -0.306 e. The van der Waals surface area contributed by atoms with E-state index in [1.807, 2.05) is 0 Å². The topological polar surface area (TPSA) is 8.17 Å². The summed E-state index contributed by atoms with van der Waals surface area (Å²) in [5.74, 6) is 0. The van der Waals surface area contributed by atoms with Crippen LogP contribution in [0.4, 0.5) is 17.1 Å². The van der Waals surface area contributed by atoms with Crippen molar-refractivity contribution in [3.63, 3.8) is 0 Å². The van der Waals surface area contributed by atoms with Gasteiger partial charge in [-0.05, 0) is 36.4 Å². The van der Waals surface area contributed by atoms with E-state index >= 15 is 0 Å². The maximum absolute atomic E-state index is 2.43. The third-order valence-corrected chi connectivity index (χ3v) is 8.03. The van der Waals surface area contributed by atoms with Gasteiger partial charge in [-0.15, -0.1) is 0 Å². The van der Waals surface area contributed by atoms with Gasteiger partial charge in [-0.2, -0.15) is 0 Å². The van der Waals surface area contributed by atoms with Crippen LogP contribution in [0.1, 0.15) is 0 Å². The average Bonchev–Trinajstić information content (AvgIpc) is 3.35.